The topological polar surface area (TPSA) is 60.8 Å². The fourth-order valence-electron chi connectivity index (χ4n) is 2.53. The van der Waals surface area contributed by atoms with E-state index < -0.39 is 5.60 Å². The summed E-state index contributed by atoms with van der Waals surface area (Å²) in [5, 5.41) is 20.4. The number of aliphatic hydroxyl groups is 1. The molecule has 0 radical (unpaired) electrons. The lowest BCUT2D eigenvalue weighted by atomic mass is 9.97. The lowest BCUT2D eigenvalue weighted by molar-refractivity contribution is -0.128. The molecule has 1 atom stereocenters. The van der Waals surface area contributed by atoms with E-state index in [0.717, 1.165) is 0 Å². The molecule has 0 bridgehead atoms. The van der Waals surface area contributed by atoms with Crippen LogP contribution in [-0.2, 0) is 4.79 Å². The largest absolute Gasteiger partial charge is 0.508 e. The van der Waals surface area contributed by atoms with Crippen molar-refractivity contribution in [3.05, 3.63) is 27.7 Å². The normalized spacial score (nSPS) is 19.4. The summed E-state index contributed by atoms with van der Waals surface area (Å²) in [7, 11) is 0. The molecule has 1 saturated heterocycles. The highest BCUT2D eigenvalue weighted by Gasteiger charge is 2.34. The average molecular weight is 332 g/mol. The number of phenols is 1. The predicted molar refractivity (Wildman–Crippen MR) is 83.0 cm³/mol. The van der Waals surface area contributed by atoms with Crippen LogP contribution in [-0.4, -0.2) is 39.7 Å². The number of phenolic OH excluding ortho intramolecular Hbond substituents is 1. The maximum absolute atomic E-state index is 12.1. The molecule has 1 aliphatic heterocycles. The molecule has 4 nitrogen and oxygen atoms in total. The van der Waals surface area contributed by atoms with E-state index in [9.17, 15) is 15.0 Å². The molecule has 0 spiro atoms. The Labute approximate surface area is 134 Å². The monoisotopic (exact) mass is 331 g/mol. The van der Waals surface area contributed by atoms with Crippen molar-refractivity contribution in [1.82, 2.24) is 4.90 Å². The van der Waals surface area contributed by atoms with Gasteiger partial charge >= 0.3 is 0 Å². The van der Waals surface area contributed by atoms with Gasteiger partial charge in [0.2, 0.25) is 5.91 Å². The molecule has 0 aromatic heterocycles. The summed E-state index contributed by atoms with van der Waals surface area (Å²) in [5.74, 6) is -0.114. The molecule has 1 aromatic carbocycles. The van der Waals surface area contributed by atoms with Gasteiger partial charge in [0.15, 0.2) is 0 Å². The Bertz CT molecular complexity index is 555. The third kappa shape index (κ3) is 3.82. The van der Waals surface area contributed by atoms with E-state index >= 15 is 0 Å². The number of carbonyl (C=O) groups is 1. The Morgan fingerprint density at radius 1 is 1.38 bits per heavy atom. The van der Waals surface area contributed by atoms with Gasteiger partial charge in [-0.1, -0.05) is 23.2 Å². The first kappa shape index (κ1) is 16.4. The van der Waals surface area contributed by atoms with Crippen molar-refractivity contribution in [3.63, 3.8) is 0 Å². The van der Waals surface area contributed by atoms with Crippen LogP contribution in [0.4, 0.5) is 0 Å². The van der Waals surface area contributed by atoms with E-state index in [-0.39, 0.29) is 17.6 Å². The number of carbonyl (C=O) groups excluding carboxylic acids is 1. The van der Waals surface area contributed by atoms with Crippen LogP contribution in [0.1, 0.15) is 38.2 Å². The smallest absolute Gasteiger partial charge is 0.223 e. The molecule has 0 unspecified atom stereocenters. The van der Waals surface area contributed by atoms with Crippen LogP contribution in [0.25, 0.3) is 0 Å². The van der Waals surface area contributed by atoms with E-state index in [0.29, 0.717) is 41.5 Å². The lowest BCUT2D eigenvalue weighted by Crippen LogP contribution is -2.32. The van der Waals surface area contributed by atoms with Gasteiger partial charge in [0.1, 0.15) is 5.75 Å². The number of aromatic hydroxyl groups is 1. The standard InChI is InChI=1S/C15H19Cl2NO3/c1-15(2,21)5-6-18-8-9(7-12(18)20)13-11(19)4-3-10(16)14(13)17/h3-4,9,19,21H,5-8H2,1-2H3/t9-/m1/s1. The van der Waals surface area contributed by atoms with Crippen molar-refractivity contribution in [3.8, 4) is 5.75 Å². The van der Waals surface area contributed by atoms with E-state index in [4.69, 9.17) is 23.2 Å². The first-order chi connectivity index (χ1) is 9.69. The number of amides is 1. The van der Waals surface area contributed by atoms with Crippen LogP contribution in [0.2, 0.25) is 10.0 Å². The Morgan fingerprint density at radius 3 is 2.67 bits per heavy atom. The molecular weight excluding hydrogens is 313 g/mol. The van der Waals surface area contributed by atoms with Crippen LogP contribution in [0.3, 0.4) is 0 Å². The molecule has 0 aliphatic carbocycles. The summed E-state index contributed by atoms with van der Waals surface area (Å²) in [6.45, 7) is 4.38. The molecule has 2 rings (SSSR count). The zero-order valence-electron chi connectivity index (χ0n) is 12.1. The van der Waals surface area contributed by atoms with Crippen molar-refractivity contribution < 1.29 is 15.0 Å². The summed E-state index contributed by atoms with van der Waals surface area (Å²) in [6, 6.07) is 3.03. The third-order valence-electron chi connectivity index (χ3n) is 3.73. The molecule has 1 amide bonds. The van der Waals surface area contributed by atoms with Gasteiger partial charge in [-0.15, -0.1) is 0 Å². The highest BCUT2D eigenvalue weighted by molar-refractivity contribution is 6.42. The fourth-order valence-corrected chi connectivity index (χ4v) is 3.01. The van der Waals surface area contributed by atoms with Gasteiger partial charge in [0.05, 0.1) is 15.6 Å². The van der Waals surface area contributed by atoms with Gasteiger partial charge in [-0.25, -0.2) is 0 Å². The number of nitrogens with zero attached hydrogens (tertiary/aromatic N) is 1. The first-order valence-corrected chi connectivity index (χ1v) is 7.61. The summed E-state index contributed by atoms with van der Waals surface area (Å²) in [4.78, 5) is 13.8. The zero-order valence-corrected chi connectivity index (χ0v) is 13.6. The Balaban J connectivity index is 2.15. The maximum Gasteiger partial charge on any atom is 0.223 e. The average Bonchev–Trinajstić information content (AvgIpc) is 2.72. The molecule has 1 aliphatic rings. The molecule has 1 heterocycles. The first-order valence-electron chi connectivity index (χ1n) is 6.86. The zero-order chi connectivity index (χ0) is 15.8. The number of hydrogen-bond acceptors (Lipinski definition) is 3. The van der Waals surface area contributed by atoms with Crippen LogP contribution < -0.4 is 0 Å². The van der Waals surface area contributed by atoms with Gasteiger partial charge in [0, 0.05) is 31.0 Å². The van der Waals surface area contributed by atoms with Crippen molar-refractivity contribution in [1.29, 1.82) is 0 Å². The van der Waals surface area contributed by atoms with Crippen LogP contribution in [0.15, 0.2) is 12.1 Å². The fraction of sp³-hybridized carbons (Fsp3) is 0.533. The minimum absolute atomic E-state index is 0.000285. The number of benzene rings is 1. The minimum Gasteiger partial charge on any atom is -0.508 e. The molecular formula is C15H19Cl2NO3. The van der Waals surface area contributed by atoms with Crippen molar-refractivity contribution in [2.24, 2.45) is 0 Å². The lowest BCUT2D eigenvalue weighted by Gasteiger charge is -2.23. The van der Waals surface area contributed by atoms with Crippen LogP contribution >= 0.6 is 23.2 Å². The van der Waals surface area contributed by atoms with Crippen molar-refractivity contribution >= 4 is 29.1 Å². The second-order valence-electron chi connectivity index (χ2n) is 6.10. The molecule has 2 N–H and O–H groups in total. The second-order valence-corrected chi connectivity index (χ2v) is 6.88. The maximum atomic E-state index is 12.1. The van der Waals surface area contributed by atoms with E-state index in [1.54, 1.807) is 18.7 Å². The van der Waals surface area contributed by atoms with Crippen LogP contribution in [0.5, 0.6) is 5.75 Å². The molecule has 6 heteroatoms. The Kier molecular flexibility index (Phi) is 4.71. The highest BCUT2D eigenvalue weighted by atomic mass is 35.5. The minimum atomic E-state index is -0.811. The van der Waals surface area contributed by atoms with Gasteiger partial charge in [-0.2, -0.15) is 0 Å². The van der Waals surface area contributed by atoms with Gasteiger partial charge < -0.3 is 15.1 Å². The quantitative estimate of drug-likeness (QED) is 0.890. The van der Waals surface area contributed by atoms with E-state index in [1.165, 1.54) is 12.1 Å². The summed E-state index contributed by atoms with van der Waals surface area (Å²) < 4.78 is 0. The van der Waals surface area contributed by atoms with E-state index in [2.05, 4.69) is 0 Å². The molecule has 1 fully saturated rings. The van der Waals surface area contributed by atoms with Gasteiger partial charge in [-0.05, 0) is 32.4 Å². The van der Waals surface area contributed by atoms with Crippen molar-refractivity contribution in [2.75, 3.05) is 13.1 Å². The summed E-state index contributed by atoms with van der Waals surface area (Å²) in [5.41, 5.74) is -0.280. The Hall–Kier alpha value is -0.970. The van der Waals surface area contributed by atoms with E-state index in [1.807, 2.05) is 0 Å². The third-order valence-corrected chi connectivity index (χ3v) is 4.54. The summed E-state index contributed by atoms with van der Waals surface area (Å²) in [6.07, 6.45) is 0.792. The Morgan fingerprint density at radius 2 is 2.05 bits per heavy atom. The number of rotatable bonds is 4. The van der Waals surface area contributed by atoms with Crippen molar-refractivity contribution in [2.45, 2.75) is 38.2 Å². The number of hydrogen-bond donors (Lipinski definition) is 2. The molecule has 0 saturated carbocycles. The predicted octanol–water partition coefficient (Wildman–Crippen LogP) is 3.18. The second kappa shape index (κ2) is 6.03. The molecule has 116 valence electrons. The highest BCUT2D eigenvalue weighted by Crippen LogP contribution is 2.41. The summed E-state index contributed by atoms with van der Waals surface area (Å²) >= 11 is 12.1. The van der Waals surface area contributed by atoms with Gasteiger partial charge in [0.25, 0.3) is 0 Å². The number of likely N-dealkylation sites (tertiary alicyclic amines) is 1. The molecule has 1 aromatic rings. The van der Waals surface area contributed by atoms with Gasteiger partial charge in [-0.3, -0.25) is 4.79 Å². The number of halogens is 2. The SMILES string of the molecule is CC(C)(O)CCN1C[C@H](c2c(O)ccc(Cl)c2Cl)CC1=O. The molecule has 21 heavy (non-hydrogen) atoms. The van der Waals surface area contributed by atoms with Crippen LogP contribution in [0, 0.1) is 0 Å².